The van der Waals surface area contributed by atoms with Gasteiger partial charge in [0.05, 0.1) is 10.6 Å². The molecule has 3 atom stereocenters. The van der Waals surface area contributed by atoms with Crippen molar-refractivity contribution in [3.8, 4) is 0 Å². The molecule has 2 unspecified atom stereocenters. The Balaban J connectivity index is 1.58. The van der Waals surface area contributed by atoms with Crippen molar-refractivity contribution in [2.45, 2.75) is 63.3 Å². The predicted molar refractivity (Wildman–Crippen MR) is 120 cm³/mol. The van der Waals surface area contributed by atoms with Crippen molar-refractivity contribution < 1.29 is 24.6 Å². The average Bonchev–Trinajstić information content (AvgIpc) is 3.36. The molecule has 7 N–H and O–H groups in total. The maximum atomic E-state index is 12.5. The van der Waals surface area contributed by atoms with Crippen LogP contribution in [-0.2, 0) is 16.0 Å². The van der Waals surface area contributed by atoms with Gasteiger partial charge in [-0.25, -0.2) is 9.78 Å². The zero-order valence-electron chi connectivity index (χ0n) is 17.7. The number of carboxylic acid groups (broad SMARTS) is 2. The van der Waals surface area contributed by atoms with Gasteiger partial charge in [0, 0.05) is 16.9 Å². The summed E-state index contributed by atoms with van der Waals surface area (Å²) in [6, 6.07) is 2.30. The van der Waals surface area contributed by atoms with E-state index in [0.29, 0.717) is 10.7 Å². The fraction of sp³-hybridized carbons (Fsp3) is 0.476. The van der Waals surface area contributed by atoms with Crippen LogP contribution in [0.2, 0.25) is 0 Å². The van der Waals surface area contributed by atoms with E-state index in [1.807, 2.05) is 6.07 Å². The van der Waals surface area contributed by atoms with Gasteiger partial charge in [0.2, 0.25) is 5.95 Å². The molecular formula is C21H27N5O5S. The van der Waals surface area contributed by atoms with E-state index >= 15 is 0 Å². The first-order valence-corrected chi connectivity index (χ1v) is 11.2. The number of carbonyl (C=O) groups is 3. The standard InChI is InChI=1S/C21H27N5O5S/c1-10(2-3-11-4-5-12-17(11)18(22)26-21(23)25-12)14-7-8-15(32-14)19(29)24-13(20(30)31)6-9-16(27)28/h7-8,10-11,13H,2-6,9H2,1H3,(H,24,29)(H,27,28)(H,30,31)(H4,22,23,25,26)/t10?,11?,13-/m0/s1. The molecule has 1 aliphatic rings. The van der Waals surface area contributed by atoms with Gasteiger partial charge in [0.25, 0.3) is 5.91 Å². The largest absolute Gasteiger partial charge is 0.481 e. The summed E-state index contributed by atoms with van der Waals surface area (Å²) in [6.45, 7) is 2.08. The summed E-state index contributed by atoms with van der Waals surface area (Å²) in [6.07, 6.45) is 3.06. The second-order valence-corrected chi connectivity index (χ2v) is 9.16. The molecule has 0 spiro atoms. The Hall–Kier alpha value is -3.21. The van der Waals surface area contributed by atoms with Crippen LogP contribution in [0.5, 0.6) is 0 Å². The van der Waals surface area contributed by atoms with Crippen molar-refractivity contribution in [3.63, 3.8) is 0 Å². The molecule has 2 aromatic heterocycles. The van der Waals surface area contributed by atoms with Gasteiger partial charge >= 0.3 is 11.9 Å². The highest BCUT2D eigenvalue weighted by Crippen LogP contribution is 2.40. The van der Waals surface area contributed by atoms with Gasteiger partial charge in [0.1, 0.15) is 11.9 Å². The molecule has 0 aromatic carbocycles. The number of aromatic nitrogens is 2. The van der Waals surface area contributed by atoms with Crippen molar-refractivity contribution >= 4 is 40.9 Å². The minimum absolute atomic E-state index is 0.174. The molecule has 1 amide bonds. The fourth-order valence-electron chi connectivity index (χ4n) is 4.02. The molecule has 0 radical (unpaired) electrons. The highest BCUT2D eigenvalue weighted by molar-refractivity contribution is 7.14. The topological polar surface area (TPSA) is 182 Å². The lowest BCUT2D eigenvalue weighted by Gasteiger charge is -2.16. The SMILES string of the molecule is CC(CCC1CCc2nc(N)nc(N)c21)c1ccc(C(=O)N[C@@H](CCC(=O)O)C(=O)O)s1. The quantitative estimate of drug-likeness (QED) is 0.354. The first kappa shape index (κ1) is 23.5. The van der Waals surface area contributed by atoms with Gasteiger partial charge in [-0.15, -0.1) is 11.3 Å². The van der Waals surface area contributed by atoms with Gasteiger partial charge in [-0.2, -0.15) is 4.98 Å². The number of hydrogen-bond acceptors (Lipinski definition) is 8. The number of thiophene rings is 1. The number of rotatable bonds is 10. The summed E-state index contributed by atoms with van der Waals surface area (Å²) >= 11 is 1.31. The maximum Gasteiger partial charge on any atom is 0.326 e. The van der Waals surface area contributed by atoms with E-state index in [1.165, 1.54) is 11.3 Å². The van der Waals surface area contributed by atoms with Gasteiger partial charge in [-0.1, -0.05) is 6.92 Å². The van der Waals surface area contributed by atoms with Crippen LogP contribution in [0.15, 0.2) is 12.1 Å². The molecule has 2 aromatic rings. The lowest BCUT2D eigenvalue weighted by atomic mass is 9.92. The van der Waals surface area contributed by atoms with Crippen LogP contribution in [0.25, 0.3) is 0 Å². The first-order chi connectivity index (χ1) is 15.2. The summed E-state index contributed by atoms with van der Waals surface area (Å²) in [7, 11) is 0. The first-order valence-electron chi connectivity index (χ1n) is 10.4. The van der Waals surface area contributed by atoms with Crippen LogP contribution in [0.4, 0.5) is 11.8 Å². The van der Waals surface area contributed by atoms with Crippen LogP contribution >= 0.6 is 11.3 Å². The van der Waals surface area contributed by atoms with Crippen LogP contribution < -0.4 is 16.8 Å². The molecule has 11 heteroatoms. The van der Waals surface area contributed by atoms with Crippen molar-refractivity contribution in [1.82, 2.24) is 15.3 Å². The second kappa shape index (κ2) is 9.94. The van der Waals surface area contributed by atoms with E-state index in [0.717, 1.165) is 41.8 Å². The molecule has 0 saturated carbocycles. The van der Waals surface area contributed by atoms with Gasteiger partial charge in [0.15, 0.2) is 0 Å². The molecule has 3 rings (SSSR count). The van der Waals surface area contributed by atoms with Crippen molar-refractivity contribution in [3.05, 3.63) is 33.1 Å². The zero-order chi connectivity index (χ0) is 23.4. The number of nitrogens with zero attached hydrogens (tertiary/aromatic N) is 2. The smallest absolute Gasteiger partial charge is 0.326 e. The van der Waals surface area contributed by atoms with Crippen LogP contribution in [0, 0.1) is 0 Å². The number of amides is 1. The van der Waals surface area contributed by atoms with Crippen molar-refractivity contribution in [1.29, 1.82) is 0 Å². The Morgan fingerprint density at radius 1 is 1.22 bits per heavy atom. The highest BCUT2D eigenvalue weighted by Gasteiger charge is 2.28. The van der Waals surface area contributed by atoms with Gasteiger partial charge in [-0.05, 0) is 56.1 Å². The van der Waals surface area contributed by atoms with Crippen LogP contribution in [0.3, 0.4) is 0 Å². The Kier molecular flexibility index (Phi) is 7.29. The number of carboxylic acids is 2. The molecule has 10 nitrogen and oxygen atoms in total. The molecule has 172 valence electrons. The summed E-state index contributed by atoms with van der Waals surface area (Å²) in [5.74, 6) is -1.75. The van der Waals surface area contributed by atoms with E-state index < -0.39 is 23.9 Å². The fourth-order valence-corrected chi connectivity index (χ4v) is 5.02. The summed E-state index contributed by atoms with van der Waals surface area (Å²) in [4.78, 5) is 44.3. The third-order valence-electron chi connectivity index (χ3n) is 5.74. The Labute approximate surface area is 189 Å². The van der Waals surface area contributed by atoms with Crippen molar-refractivity contribution in [2.75, 3.05) is 11.5 Å². The van der Waals surface area contributed by atoms with Crippen LogP contribution in [0.1, 0.15) is 76.7 Å². The highest BCUT2D eigenvalue weighted by atomic mass is 32.1. The average molecular weight is 462 g/mol. The number of carbonyl (C=O) groups excluding carboxylic acids is 1. The van der Waals surface area contributed by atoms with E-state index in [4.69, 9.17) is 16.6 Å². The van der Waals surface area contributed by atoms with E-state index in [1.54, 1.807) is 6.07 Å². The molecule has 0 fully saturated rings. The summed E-state index contributed by atoms with van der Waals surface area (Å²) < 4.78 is 0. The van der Waals surface area contributed by atoms with E-state index in [9.17, 15) is 19.5 Å². The number of aryl methyl sites for hydroxylation is 1. The van der Waals surface area contributed by atoms with Crippen LogP contribution in [-0.4, -0.2) is 44.1 Å². The zero-order valence-corrected chi connectivity index (χ0v) is 18.5. The maximum absolute atomic E-state index is 12.5. The molecular weight excluding hydrogens is 434 g/mol. The number of anilines is 2. The number of nitrogens with two attached hydrogens (primary N) is 2. The normalized spacial score (nSPS) is 16.8. The summed E-state index contributed by atoms with van der Waals surface area (Å²) in [5.41, 5.74) is 13.7. The molecule has 0 aliphatic heterocycles. The molecule has 1 aliphatic carbocycles. The molecule has 0 saturated heterocycles. The third kappa shape index (κ3) is 5.52. The van der Waals surface area contributed by atoms with Gasteiger partial charge in [-0.3, -0.25) is 9.59 Å². The van der Waals surface area contributed by atoms with Gasteiger partial charge < -0.3 is 27.0 Å². The lowest BCUT2D eigenvalue weighted by Crippen LogP contribution is -2.40. The number of nitrogens with one attached hydrogen (secondary N) is 1. The predicted octanol–water partition coefficient (Wildman–Crippen LogP) is 2.36. The molecule has 0 bridgehead atoms. The number of aliphatic carboxylic acids is 2. The summed E-state index contributed by atoms with van der Waals surface area (Å²) in [5, 5.41) is 20.4. The Morgan fingerprint density at radius 3 is 2.66 bits per heavy atom. The monoisotopic (exact) mass is 461 g/mol. The number of fused-ring (bicyclic) bond motifs is 1. The minimum atomic E-state index is -1.26. The second-order valence-electron chi connectivity index (χ2n) is 8.04. The van der Waals surface area contributed by atoms with Crippen molar-refractivity contribution in [2.24, 2.45) is 0 Å². The Morgan fingerprint density at radius 2 is 1.97 bits per heavy atom. The van der Waals surface area contributed by atoms with E-state index in [-0.39, 0.29) is 30.6 Å². The lowest BCUT2D eigenvalue weighted by molar-refractivity contribution is -0.140. The minimum Gasteiger partial charge on any atom is -0.481 e. The number of nitrogen functional groups attached to an aromatic ring is 2. The molecule has 2 heterocycles. The van der Waals surface area contributed by atoms with E-state index in [2.05, 4.69) is 22.2 Å². The third-order valence-corrected chi connectivity index (χ3v) is 7.06. The molecule has 32 heavy (non-hydrogen) atoms. The number of hydrogen-bond donors (Lipinski definition) is 5. The Bertz CT molecular complexity index is 1020.